The minimum absolute atomic E-state index is 0.0749. The Balaban J connectivity index is 1.43. The molecule has 1 aliphatic heterocycles. The fourth-order valence-electron chi connectivity index (χ4n) is 3.78. The lowest BCUT2D eigenvalue weighted by atomic mass is 9.92. The number of nitrogens with zero attached hydrogens (tertiary/aromatic N) is 2. The highest BCUT2D eigenvalue weighted by Crippen LogP contribution is 2.38. The van der Waals surface area contributed by atoms with Gasteiger partial charge in [-0.2, -0.15) is 0 Å². The van der Waals surface area contributed by atoms with Crippen molar-refractivity contribution in [2.75, 3.05) is 13.7 Å². The van der Waals surface area contributed by atoms with Crippen molar-refractivity contribution in [1.29, 1.82) is 0 Å². The smallest absolute Gasteiger partial charge is 0.169 e. The summed E-state index contributed by atoms with van der Waals surface area (Å²) in [6, 6.07) is 5.85. The second-order valence-corrected chi connectivity index (χ2v) is 6.93. The molecule has 6 heteroatoms. The third kappa shape index (κ3) is 3.47. The summed E-state index contributed by atoms with van der Waals surface area (Å²) < 4.78 is 17.5. The van der Waals surface area contributed by atoms with Gasteiger partial charge in [-0.3, -0.25) is 0 Å². The first-order valence-electron chi connectivity index (χ1n) is 8.95. The summed E-state index contributed by atoms with van der Waals surface area (Å²) in [5.41, 5.74) is 1.93. The molecule has 1 saturated carbocycles. The van der Waals surface area contributed by atoms with Crippen molar-refractivity contribution in [1.82, 2.24) is 9.97 Å². The molecular weight excluding hydrogens is 320 g/mol. The van der Waals surface area contributed by atoms with E-state index in [2.05, 4.69) is 9.97 Å². The number of ether oxygens (including phenoxy) is 3. The Hall–Kier alpha value is -1.76. The average Bonchev–Trinajstić information content (AvgIpc) is 3.05. The number of fused-ring (bicyclic) bond motifs is 1. The molecule has 2 heterocycles. The summed E-state index contributed by atoms with van der Waals surface area (Å²) in [7, 11) is 1.66. The lowest BCUT2D eigenvalue weighted by Crippen LogP contribution is -2.37. The van der Waals surface area contributed by atoms with Crippen LogP contribution in [0, 0.1) is 0 Å². The van der Waals surface area contributed by atoms with Gasteiger partial charge in [0.2, 0.25) is 0 Å². The third-order valence-electron chi connectivity index (χ3n) is 5.26. The fourth-order valence-corrected chi connectivity index (χ4v) is 3.78. The van der Waals surface area contributed by atoms with Gasteiger partial charge in [0.15, 0.2) is 5.79 Å². The molecule has 0 bridgehead atoms. The van der Waals surface area contributed by atoms with Crippen LogP contribution in [0.25, 0.3) is 10.9 Å². The topological polar surface area (TPSA) is 73.7 Å². The van der Waals surface area contributed by atoms with Crippen LogP contribution >= 0.6 is 0 Å². The zero-order chi connectivity index (χ0) is 17.3. The van der Waals surface area contributed by atoms with Gasteiger partial charge in [0, 0.05) is 18.2 Å². The summed E-state index contributed by atoms with van der Waals surface area (Å²) in [4.78, 5) is 8.79. The first-order chi connectivity index (χ1) is 12.2. The van der Waals surface area contributed by atoms with Crippen LogP contribution in [-0.4, -0.2) is 46.8 Å². The van der Waals surface area contributed by atoms with Crippen LogP contribution in [-0.2, 0) is 15.9 Å². The van der Waals surface area contributed by atoms with E-state index in [0.29, 0.717) is 6.61 Å². The molecule has 1 aromatic carbocycles. The summed E-state index contributed by atoms with van der Waals surface area (Å²) in [6.07, 6.45) is 6.19. The van der Waals surface area contributed by atoms with E-state index in [1.165, 1.54) is 0 Å². The normalized spacial score (nSPS) is 29.4. The maximum Gasteiger partial charge on any atom is 0.169 e. The largest absolute Gasteiger partial charge is 0.497 e. The van der Waals surface area contributed by atoms with E-state index < -0.39 is 5.79 Å². The zero-order valence-corrected chi connectivity index (χ0v) is 14.5. The highest BCUT2D eigenvalue weighted by molar-refractivity contribution is 5.82. The van der Waals surface area contributed by atoms with Crippen molar-refractivity contribution >= 4 is 10.9 Å². The number of benzene rings is 1. The Morgan fingerprint density at radius 3 is 2.92 bits per heavy atom. The molecule has 0 radical (unpaired) electrons. The maximum absolute atomic E-state index is 9.68. The molecule has 2 fully saturated rings. The van der Waals surface area contributed by atoms with Crippen LogP contribution in [0.2, 0.25) is 0 Å². The Bertz CT molecular complexity index is 743. The molecule has 25 heavy (non-hydrogen) atoms. The van der Waals surface area contributed by atoms with Gasteiger partial charge < -0.3 is 19.3 Å². The van der Waals surface area contributed by atoms with E-state index in [1.54, 1.807) is 13.4 Å². The maximum atomic E-state index is 9.68. The Labute approximate surface area is 147 Å². The van der Waals surface area contributed by atoms with Gasteiger partial charge in [-0.1, -0.05) is 0 Å². The molecule has 1 aliphatic carbocycles. The molecule has 1 spiro atoms. The number of rotatable bonds is 4. The van der Waals surface area contributed by atoms with Gasteiger partial charge in [-0.15, -0.1) is 0 Å². The van der Waals surface area contributed by atoms with Crippen molar-refractivity contribution in [3.8, 4) is 5.75 Å². The lowest BCUT2D eigenvalue weighted by molar-refractivity contribution is -0.197. The van der Waals surface area contributed by atoms with Gasteiger partial charge in [-0.05, 0) is 43.9 Å². The second kappa shape index (κ2) is 6.86. The lowest BCUT2D eigenvalue weighted by Gasteiger charge is -2.34. The Morgan fingerprint density at radius 1 is 1.28 bits per heavy atom. The Kier molecular flexibility index (Phi) is 4.58. The van der Waals surface area contributed by atoms with Crippen molar-refractivity contribution in [2.24, 2.45) is 0 Å². The minimum Gasteiger partial charge on any atom is -0.497 e. The highest BCUT2D eigenvalue weighted by atomic mass is 16.7. The van der Waals surface area contributed by atoms with Gasteiger partial charge in [-0.25, -0.2) is 9.97 Å². The number of hydrogen-bond donors (Lipinski definition) is 1. The quantitative estimate of drug-likeness (QED) is 0.919. The number of aryl methyl sites for hydroxylation is 1. The van der Waals surface area contributed by atoms with Crippen LogP contribution in [0.3, 0.4) is 0 Å². The first-order valence-corrected chi connectivity index (χ1v) is 8.95. The summed E-state index contributed by atoms with van der Waals surface area (Å²) in [5, 5.41) is 10.7. The molecule has 4 rings (SSSR count). The molecule has 1 saturated heterocycles. The van der Waals surface area contributed by atoms with Crippen molar-refractivity contribution < 1.29 is 19.3 Å². The van der Waals surface area contributed by atoms with E-state index in [9.17, 15) is 5.11 Å². The van der Waals surface area contributed by atoms with E-state index in [4.69, 9.17) is 14.2 Å². The molecule has 1 N–H and O–H groups in total. The summed E-state index contributed by atoms with van der Waals surface area (Å²) in [6.45, 7) is 0.614. The standard InChI is InChI=1S/C19H24N2O4/c1-23-14-2-4-17-16(10-14)18(21-12-20-17)5-3-15-11-24-19(25-15)8-6-13(22)7-9-19/h2,4,10,12-13,15,22H,3,5-9,11H2,1H3. The number of methoxy groups -OCH3 is 1. The predicted molar refractivity (Wildman–Crippen MR) is 92.4 cm³/mol. The number of aromatic nitrogens is 2. The van der Waals surface area contributed by atoms with E-state index in [1.807, 2.05) is 18.2 Å². The minimum atomic E-state index is -0.471. The Morgan fingerprint density at radius 2 is 2.12 bits per heavy atom. The number of aliphatic hydroxyl groups is 1. The van der Waals surface area contributed by atoms with E-state index in [0.717, 1.165) is 60.9 Å². The van der Waals surface area contributed by atoms with Crippen molar-refractivity contribution in [3.63, 3.8) is 0 Å². The van der Waals surface area contributed by atoms with Crippen LogP contribution in [0.1, 0.15) is 37.8 Å². The fraction of sp³-hybridized carbons (Fsp3) is 0.579. The number of aliphatic hydroxyl groups excluding tert-OH is 1. The van der Waals surface area contributed by atoms with Crippen LogP contribution in [0.5, 0.6) is 5.75 Å². The predicted octanol–water partition coefficient (Wildman–Crippen LogP) is 2.62. The summed E-state index contributed by atoms with van der Waals surface area (Å²) in [5.74, 6) is 0.338. The third-order valence-corrected chi connectivity index (χ3v) is 5.26. The molecule has 134 valence electrons. The molecule has 6 nitrogen and oxygen atoms in total. The monoisotopic (exact) mass is 344 g/mol. The molecule has 2 aromatic rings. The zero-order valence-electron chi connectivity index (χ0n) is 14.5. The average molecular weight is 344 g/mol. The second-order valence-electron chi connectivity index (χ2n) is 6.93. The van der Waals surface area contributed by atoms with Crippen LogP contribution < -0.4 is 4.74 Å². The van der Waals surface area contributed by atoms with E-state index in [-0.39, 0.29) is 12.2 Å². The molecule has 1 atom stereocenters. The SMILES string of the molecule is COc1ccc2ncnc(CCC3COC4(CCC(O)CC4)O3)c2c1. The van der Waals surface area contributed by atoms with Crippen molar-refractivity contribution in [2.45, 2.75) is 56.5 Å². The van der Waals surface area contributed by atoms with E-state index >= 15 is 0 Å². The molecule has 1 aromatic heterocycles. The first kappa shape index (κ1) is 16.7. The van der Waals surface area contributed by atoms with Crippen LogP contribution in [0.15, 0.2) is 24.5 Å². The van der Waals surface area contributed by atoms with Gasteiger partial charge >= 0.3 is 0 Å². The molecule has 1 unspecified atom stereocenters. The van der Waals surface area contributed by atoms with Crippen molar-refractivity contribution in [3.05, 3.63) is 30.2 Å². The molecular formula is C19H24N2O4. The number of hydrogen-bond acceptors (Lipinski definition) is 6. The molecule has 2 aliphatic rings. The summed E-state index contributed by atoms with van der Waals surface area (Å²) >= 11 is 0. The van der Waals surface area contributed by atoms with Gasteiger partial charge in [0.1, 0.15) is 12.1 Å². The van der Waals surface area contributed by atoms with Gasteiger partial charge in [0.05, 0.1) is 37.1 Å². The molecule has 0 amide bonds. The van der Waals surface area contributed by atoms with Gasteiger partial charge in [0.25, 0.3) is 0 Å². The van der Waals surface area contributed by atoms with Crippen LogP contribution in [0.4, 0.5) is 0 Å². The highest BCUT2D eigenvalue weighted by Gasteiger charge is 2.43.